The van der Waals surface area contributed by atoms with Crippen LogP contribution in [0.3, 0.4) is 0 Å². The first-order valence-electron chi connectivity index (χ1n) is 7.11. The number of hydrogen-bond acceptors (Lipinski definition) is 4. The normalized spacial score (nSPS) is 12.9. The van der Waals surface area contributed by atoms with Crippen molar-refractivity contribution in [2.75, 3.05) is 25.5 Å². The van der Waals surface area contributed by atoms with Crippen molar-refractivity contribution in [1.82, 2.24) is 4.72 Å². The summed E-state index contributed by atoms with van der Waals surface area (Å²) >= 11 is 5.60. The number of nitrogens with zero attached hydrogens (tertiary/aromatic N) is 1. The largest absolute Gasteiger partial charge is 0.387 e. The fourth-order valence-corrected chi connectivity index (χ4v) is 3.34. The average Bonchev–Trinajstić information content (AvgIpc) is 2.55. The van der Waals surface area contributed by atoms with Gasteiger partial charge in [0.2, 0.25) is 10.0 Å². The van der Waals surface area contributed by atoms with Crippen LogP contribution in [0.2, 0.25) is 5.02 Å². The van der Waals surface area contributed by atoms with Gasteiger partial charge < -0.3 is 10.0 Å². The third-order valence-corrected chi connectivity index (χ3v) is 5.17. The van der Waals surface area contributed by atoms with Crippen LogP contribution < -0.4 is 9.62 Å². The minimum atomic E-state index is -3.89. The van der Waals surface area contributed by atoms with Crippen LogP contribution in [0.1, 0.15) is 11.7 Å². The van der Waals surface area contributed by atoms with E-state index in [0.29, 0.717) is 5.56 Å². The summed E-state index contributed by atoms with van der Waals surface area (Å²) in [5.41, 5.74) is 1.55. The van der Waals surface area contributed by atoms with Gasteiger partial charge in [-0.15, -0.1) is 0 Å². The van der Waals surface area contributed by atoms with E-state index in [-0.39, 0.29) is 16.5 Å². The van der Waals surface area contributed by atoms with E-state index in [1.807, 2.05) is 31.1 Å². The van der Waals surface area contributed by atoms with E-state index in [1.165, 1.54) is 0 Å². The van der Waals surface area contributed by atoms with Gasteiger partial charge in [-0.25, -0.2) is 17.5 Å². The summed E-state index contributed by atoms with van der Waals surface area (Å²) in [5, 5.41) is 9.85. The minimum Gasteiger partial charge on any atom is -0.387 e. The van der Waals surface area contributed by atoms with E-state index in [2.05, 4.69) is 4.72 Å². The van der Waals surface area contributed by atoms with Gasteiger partial charge in [0.1, 0.15) is 5.82 Å². The first kappa shape index (κ1) is 18.7. The zero-order chi connectivity index (χ0) is 17.9. The lowest BCUT2D eigenvalue weighted by Gasteiger charge is -2.16. The number of benzene rings is 2. The van der Waals surface area contributed by atoms with E-state index in [1.54, 1.807) is 12.1 Å². The lowest BCUT2D eigenvalue weighted by atomic mass is 10.1. The van der Waals surface area contributed by atoms with Gasteiger partial charge in [0, 0.05) is 26.3 Å². The summed E-state index contributed by atoms with van der Waals surface area (Å²) in [7, 11) is -0.101. The molecule has 0 fully saturated rings. The molecule has 1 atom stereocenters. The second-order valence-corrected chi connectivity index (χ2v) is 7.60. The Morgan fingerprint density at radius 1 is 1.21 bits per heavy atom. The molecule has 24 heavy (non-hydrogen) atoms. The second kappa shape index (κ2) is 7.48. The highest BCUT2D eigenvalue weighted by molar-refractivity contribution is 7.89. The number of anilines is 1. The predicted octanol–water partition coefficient (Wildman–Crippen LogP) is 2.56. The van der Waals surface area contributed by atoms with Crippen molar-refractivity contribution < 1.29 is 17.9 Å². The van der Waals surface area contributed by atoms with Gasteiger partial charge in [0.15, 0.2) is 0 Å². The van der Waals surface area contributed by atoms with Crippen molar-refractivity contribution in [2.24, 2.45) is 0 Å². The number of aliphatic hydroxyl groups is 1. The molecule has 0 radical (unpaired) electrons. The molecule has 0 saturated carbocycles. The van der Waals surface area contributed by atoms with E-state index >= 15 is 0 Å². The highest BCUT2D eigenvalue weighted by Gasteiger charge is 2.18. The first-order valence-corrected chi connectivity index (χ1v) is 8.97. The molecule has 8 heteroatoms. The molecule has 0 amide bonds. The van der Waals surface area contributed by atoms with Crippen LogP contribution >= 0.6 is 11.6 Å². The van der Waals surface area contributed by atoms with Gasteiger partial charge in [0.05, 0.1) is 16.0 Å². The molecule has 0 aliphatic rings. The van der Waals surface area contributed by atoms with Crippen molar-refractivity contribution in [3.8, 4) is 0 Å². The molecule has 0 aromatic heterocycles. The number of sulfonamides is 1. The first-order chi connectivity index (χ1) is 11.2. The van der Waals surface area contributed by atoms with Crippen LogP contribution in [0, 0.1) is 5.82 Å². The number of halogens is 2. The standard InChI is InChI=1S/C16H18ClFN2O3S/c1-20(2)12-5-3-11(4-6-12)16(21)10-19-24(22,23)13-7-8-15(18)14(17)9-13/h3-9,16,19,21H,10H2,1-2H3/t16-/m1/s1. The Labute approximate surface area is 145 Å². The molecule has 2 N–H and O–H groups in total. The topological polar surface area (TPSA) is 69.6 Å². The smallest absolute Gasteiger partial charge is 0.240 e. The quantitative estimate of drug-likeness (QED) is 0.817. The van der Waals surface area contributed by atoms with Crippen LogP contribution in [-0.4, -0.2) is 34.2 Å². The monoisotopic (exact) mass is 372 g/mol. The third kappa shape index (κ3) is 4.45. The van der Waals surface area contributed by atoms with E-state index < -0.39 is 21.9 Å². The number of nitrogens with one attached hydrogen (secondary N) is 1. The Hall–Kier alpha value is -1.67. The number of aliphatic hydroxyl groups excluding tert-OH is 1. The van der Waals surface area contributed by atoms with Crippen LogP contribution in [0.5, 0.6) is 0 Å². The SMILES string of the molecule is CN(C)c1ccc([C@H](O)CNS(=O)(=O)c2ccc(F)c(Cl)c2)cc1. The van der Waals surface area contributed by atoms with Gasteiger partial charge in [0.25, 0.3) is 0 Å². The molecule has 0 aliphatic heterocycles. The summed E-state index contributed by atoms with van der Waals surface area (Å²) in [6.45, 7) is -0.210. The molecular weight excluding hydrogens is 355 g/mol. The highest BCUT2D eigenvalue weighted by Crippen LogP contribution is 2.21. The maximum atomic E-state index is 13.1. The van der Waals surface area contributed by atoms with Crippen LogP contribution in [-0.2, 0) is 10.0 Å². The number of hydrogen-bond donors (Lipinski definition) is 2. The molecule has 0 bridgehead atoms. The summed E-state index contributed by atoms with van der Waals surface area (Å²) in [5.74, 6) is -0.698. The van der Waals surface area contributed by atoms with Crippen molar-refractivity contribution in [3.63, 3.8) is 0 Å². The van der Waals surface area contributed by atoms with Gasteiger partial charge in [-0.05, 0) is 35.9 Å². The van der Waals surface area contributed by atoms with Gasteiger partial charge >= 0.3 is 0 Å². The molecule has 130 valence electrons. The molecule has 0 aliphatic carbocycles. The third-order valence-electron chi connectivity index (χ3n) is 3.46. The summed E-state index contributed by atoms with van der Waals surface area (Å²) in [6, 6.07) is 10.2. The van der Waals surface area contributed by atoms with Crippen molar-refractivity contribution in [1.29, 1.82) is 0 Å². The van der Waals surface area contributed by atoms with Gasteiger partial charge in [-0.3, -0.25) is 0 Å². The molecule has 5 nitrogen and oxygen atoms in total. The minimum absolute atomic E-state index is 0.163. The Morgan fingerprint density at radius 3 is 2.38 bits per heavy atom. The lowest BCUT2D eigenvalue weighted by Crippen LogP contribution is -2.28. The fraction of sp³-hybridized carbons (Fsp3) is 0.250. The Balaban J connectivity index is 2.06. The fourth-order valence-electron chi connectivity index (χ4n) is 2.03. The zero-order valence-electron chi connectivity index (χ0n) is 13.2. The second-order valence-electron chi connectivity index (χ2n) is 5.43. The average molecular weight is 373 g/mol. The zero-order valence-corrected chi connectivity index (χ0v) is 14.8. The Bertz CT molecular complexity index is 811. The maximum Gasteiger partial charge on any atom is 0.240 e. The van der Waals surface area contributed by atoms with Crippen LogP contribution in [0.25, 0.3) is 0 Å². The van der Waals surface area contributed by atoms with E-state index in [0.717, 1.165) is 23.9 Å². The van der Waals surface area contributed by atoms with E-state index in [4.69, 9.17) is 11.6 Å². The Morgan fingerprint density at radius 2 is 1.83 bits per heavy atom. The van der Waals surface area contributed by atoms with Crippen molar-refractivity contribution in [2.45, 2.75) is 11.0 Å². The predicted molar refractivity (Wildman–Crippen MR) is 92.3 cm³/mol. The summed E-state index contributed by atoms with van der Waals surface area (Å²) in [6.07, 6.45) is -1.01. The number of rotatable bonds is 6. The van der Waals surface area contributed by atoms with Crippen molar-refractivity contribution in [3.05, 3.63) is 58.9 Å². The molecule has 0 spiro atoms. The van der Waals surface area contributed by atoms with E-state index in [9.17, 15) is 17.9 Å². The lowest BCUT2D eigenvalue weighted by molar-refractivity contribution is 0.182. The molecule has 2 aromatic rings. The van der Waals surface area contributed by atoms with Crippen LogP contribution in [0.4, 0.5) is 10.1 Å². The summed E-state index contributed by atoms with van der Waals surface area (Å²) < 4.78 is 39.7. The van der Waals surface area contributed by atoms with Gasteiger partial charge in [-0.1, -0.05) is 23.7 Å². The molecule has 0 unspecified atom stereocenters. The molecule has 0 saturated heterocycles. The van der Waals surface area contributed by atoms with Gasteiger partial charge in [-0.2, -0.15) is 0 Å². The maximum absolute atomic E-state index is 13.1. The summed E-state index contributed by atoms with van der Waals surface area (Å²) in [4.78, 5) is 1.75. The highest BCUT2D eigenvalue weighted by atomic mass is 35.5. The molecule has 0 heterocycles. The Kier molecular flexibility index (Phi) is 5.82. The van der Waals surface area contributed by atoms with Crippen molar-refractivity contribution >= 4 is 27.3 Å². The molecule has 2 rings (SSSR count). The molecular formula is C16H18ClFN2O3S. The van der Waals surface area contributed by atoms with Crippen LogP contribution in [0.15, 0.2) is 47.4 Å². The molecule has 2 aromatic carbocycles.